The van der Waals surface area contributed by atoms with E-state index in [0.29, 0.717) is 22.9 Å². The number of hydrogen-bond acceptors (Lipinski definition) is 1. The summed E-state index contributed by atoms with van der Waals surface area (Å²) in [5, 5.41) is 10.6. The maximum absolute atomic E-state index is 14.0. The normalized spacial score (nSPS) is 22.4. The number of hydrogen-bond donors (Lipinski definition) is 1. The molecular formula is C14H18BrFO. The van der Waals surface area contributed by atoms with Crippen LogP contribution in [0.2, 0.25) is 0 Å². The molecule has 0 spiro atoms. The van der Waals surface area contributed by atoms with Gasteiger partial charge in [0.25, 0.3) is 0 Å². The van der Waals surface area contributed by atoms with Crippen LogP contribution in [0.4, 0.5) is 4.39 Å². The number of halogens is 2. The molecular weight excluding hydrogens is 283 g/mol. The van der Waals surface area contributed by atoms with Gasteiger partial charge in [-0.05, 0) is 53.1 Å². The van der Waals surface area contributed by atoms with E-state index in [-0.39, 0.29) is 11.2 Å². The molecule has 0 saturated heterocycles. The first-order valence-corrected chi connectivity index (χ1v) is 6.80. The topological polar surface area (TPSA) is 20.2 Å². The predicted molar refractivity (Wildman–Crippen MR) is 70.2 cm³/mol. The molecule has 1 fully saturated rings. The summed E-state index contributed by atoms with van der Waals surface area (Å²) in [6.07, 6.45) is 3.12. The van der Waals surface area contributed by atoms with Crippen LogP contribution < -0.4 is 0 Å². The lowest BCUT2D eigenvalue weighted by atomic mass is 9.69. The molecule has 3 heteroatoms. The fourth-order valence-electron chi connectivity index (χ4n) is 2.47. The van der Waals surface area contributed by atoms with Crippen molar-refractivity contribution in [2.45, 2.75) is 45.1 Å². The lowest BCUT2D eigenvalue weighted by molar-refractivity contribution is -0.0332. The van der Waals surface area contributed by atoms with Crippen molar-refractivity contribution < 1.29 is 9.50 Å². The van der Waals surface area contributed by atoms with Gasteiger partial charge >= 0.3 is 0 Å². The smallest absolute Gasteiger partial charge is 0.143 e. The highest BCUT2D eigenvalue weighted by Crippen LogP contribution is 2.46. The van der Waals surface area contributed by atoms with E-state index in [1.54, 1.807) is 18.2 Å². The minimum atomic E-state index is -0.997. The highest BCUT2D eigenvalue weighted by Gasteiger charge is 2.39. The largest absolute Gasteiger partial charge is 0.385 e. The second-order valence-corrected chi connectivity index (χ2v) is 6.65. The van der Waals surface area contributed by atoms with Crippen molar-refractivity contribution in [1.82, 2.24) is 0 Å². The van der Waals surface area contributed by atoms with E-state index in [2.05, 4.69) is 29.8 Å². The van der Waals surface area contributed by atoms with Crippen LogP contribution in [0, 0.1) is 11.2 Å². The molecule has 1 aromatic rings. The molecule has 0 aliphatic heterocycles. The lowest BCUT2D eigenvalue weighted by Gasteiger charge is -2.40. The summed E-state index contributed by atoms with van der Waals surface area (Å²) in [5.41, 5.74) is -0.305. The number of aliphatic hydroxyl groups is 1. The molecule has 0 unspecified atom stereocenters. The van der Waals surface area contributed by atoms with Crippen LogP contribution in [-0.2, 0) is 5.60 Å². The minimum Gasteiger partial charge on any atom is -0.385 e. The molecule has 1 nitrogen and oxygen atoms in total. The molecule has 1 saturated carbocycles. The Labute approximate surface area is 110 Å². The van der Waals surface area contributed by atoms with Crippen LogP contribution in [0.15, 0.2) is 22.7 Å². The van der Waals surface area contributed by atoms with Gasteiger partial charge in [0.1, 0.15) is 5.82 Å². The van der Waals surface area contributed by atoms with Gasteiger partial charge in [-0.2, -0.15) is 0 Å². The Morgan fingerprint density at radius 2 is 1.76 bits per heavy atom. The van der Waals surface area contributed by atoms with Gasteiger partial charge < -0.3 is 5.11 Å². The van der Waals surface area contributed by atoms with Crippen molar-refractivity contribution in [3.05, 3.63) is 34.1 Å². The van der Waals surface area contributed by atoms with Crippen LogP contribution >= 0.6 is 15.9 Å². The first-order chi connectivity index (χ1) is 7.84. The van der Waals surface area contributed by atoms with E-state index in [1.807, 2.05) is 0 Å². The number of rotatable bonds is 1. The monoisotopic (exact) mass is 300 g/mol. The molecule has 1 N–H and O–H groups in total. The molecule has 1 aromatic carbocycles. The average Bonchev–Trinajstić information content (AvgIpc) is 2.27. The highest BCUT2D eigenvalue weighted by atomic mass is 79.9. The predicted octanol–water partition coefficient (Wildman–Crippen LogP) is 4.38. The van der Waals surface area contributed by atoms with Gasteiger partial charge in [-0.1, -0.05) is 26.0 Å². The molecule has 17 heavy (non-hydrogen) atoms. The summed E-state index contributed by atoms with van der Waals surface area (Å²) in [4.78, 5) is 0. The maximum atomic E-state index is 14.0. The summed E-state index contributed by atoms with van der Waals surface area (Å²) in [5.74, 6) is -0.324. The van der Waals surface area contributed by atoms with E-state index in [0.717, 1.165) is 12.8 Å². The van der Waals surface area contributed by atoms with Crippen LogP contribution in [0.25, 0.3) is 0 Å². The van der Waals surface area contributed by atoms with Gasteiger partial charge in [0.2, 0.25) is 0 Å². The second kappa shape index (κ2) is 4.36. The fraction of sp³-hybridized carbons (Fsp3) is 0.571. The first kappa shape index (κ1) is 13.0. The van der Waals surface area contributed by atoms with Gasteiger partial charge in [0.15, 0.2) is 0 Å². The summed E-state index contributed by atoms with van der Waals surface area (Å²) >= 11 is 3.17. The van der Waals surface area contributed by atoms with E-state index >= 15 is 0 Å². The van der Waals surface area contributed by atoms with Crippen molar-refractivity contribution in [3.8, 4) is 0 Å². The van der Waals surface area contributed by atoms with Crippen molar-refractivity contribution in [3.63, 3.8) is 0 Å². The zero-order chi connectivity index (χ0) is 12.7. The minimum absolute atomic E-state index is 0.259. The van der Waals surface area contributed by atoms with E-state index in [9.17, 15) is 9.50 Å². The Hall–Kier alpha value is -0.410. The SMILES string of the molecule is CC1(C)CCC(O)(c2cccc(Br)c2F)CC1. The van der Waals surface area contributed by atoms with Crippen LogP contribution in [0.3, 0.4) is 0 Å². The molecule has 94 valence electrons. The van der Waals surface area contributed by atoms with E-state index in [4.69, 9.17) is 0 Å². The second-order valence-electron chi connectivity index (χ2n) is 5.80. The average molecular weight is 301 g/mol. The van der Waals surface area contributed by atoms with Crippen molar-refractivity contribution in [1.29, 1.82) is 0 Å². The Balaban J connectivity index is 2.31. The Morgan fingerprint density at radius 1 is 1.18 bits per heavy atom. The van der Waals surface area contributed by atoms with Crippen LogP contribution in [0.5, 0.6) is 0 Å². The van der Waals surface area contributed by atoms with E-state index < -0.39 is 5.60 Å². The third-order valence-electron chi connectivity index (χ3n) is 3.88. The zero-order valence-corrected chi connectivity index (χ0v) is 11.8. The standard InChI is InChI=1S/C14H18BrFO/c1-13(2)6-8-14(17,9-7-13)10-4-3-5-11(15)12(10)16/h3-5,17H,6-9H2,1-2H3. The highest BCUT2D eigenvalue weighted by molar-refractivity contribution is 9.10. The van der Waals surface area contributed by atoms with Gasteiger partial charge in [0.05, 0.1) is 10.1 Å². The van der Waals surface area contributed by atoms with Gasteiger partial charge in [-0.25, -0.2) is 4.39 Å². The van der Waals surface area contributed by atoms with Crippen LogP contribution in [-0.4, -0.2) is 5.11 Å². The summed E-state index contributed by atoms with van der Waals surface area (Å²) in [6.45, 7) is 4.40. The quantitative estimate of drug-likeness (QED) is 0.816. The molecule has 0 amide bonds. The molecule has 1 aliphatic carbocycles. The van der Waals surface area contributed by atoms with Crippen LogP contribution in [0.1, 0.15) is 45.1 Å². The maximum Gasteiger partial charge on any atom is 0.143 e. The summed E-state index contributed by atoms with van der Waals surface area (Å²) in [7, 11) is 0. The third kappa shape index (κ3) is 2.55. The summed E-state index contributed by atoms with van der Waals surface area (Å²) < 4.78 is 14.4. The fourth-order valence-corrected chi connectivity index (χ4v) is 2.84. The molecule has 1 aliphatic rings. The molecule has 2 rings (SSSR count). The van der Waals surface area contributed by atoms with Crippen molar-refractivity contribution >= 4 is 15.9 Å². The van der Waals surface area contributed by atoms with Gasteiger partial charge in [-0.3, -0.25) is 0 Å². The Kier molecular flexibility index (Phi) is 3.34. The van der Waals surface area contributed by atoms with Crippen molar-refractivity contribution in [2.24, 2.45) is 5.41 Å². The first-order valence-electron chi connectivity index (χ1n) is 6.01. The number of benzene rings is 1. The van der Waals surface area contributed by atoms with E-state index in [1.165, 1.54) is 0 Å². The molecule has 0 radical (unpaired) electrons. The molecule has 0 bridgehead atoms. The molecule has 0 atom stereocenters. The lowest BCUT2D eigenvalue weighted by Crippen LogP contribution is -2.35. The van der Waals surface area contributed by atoms with Gasteiger partial charge in [0, 0.05) is 5.56 Å². The zero-order valence-electron chi connectivity index (χ0n) is 10.3. The third-order valence-corrected chi connectivity index (χ3v) is 4.50. The Bertz CT molecular complexity index is 418. The summed E-state index contributed by atoms with van der Waals surface area (Å²) in [6, 6.07) is 5.13. The Morgan fingerprint density at radius 3 is 2.35 bits per heavy atom. The molecule has 0 aromatic heterocycles. The van der Waals surface area contributed by atoms with Crippen molar-refractivity contribution in [2.75, 3.05) is 0 Å². The van der Waals surface area contributed by atoms with Gasteiger partial charge in [-0.15, -0.1) is 0 Å². The molecule has 0 heterocycles.